The van der Waals surface area contributed by atoms with Gasteiger partial charge in [-0.25, -0.2) is 4.98 Å². The van der Waals surface area contributed by atoms with Gasteiger partial charge in [-0.15, -0.1) is 0 Å². The molecule has 24 heavy (non-hydrogen) atoms. The maximum absolute atomic E-state index is 10.8. The second-order valence-corrected chi connectivity index (χ2v) is 6.77. The molecule has 0 N–H and O–H groups in total. The van der Waals surface area contributed by atoms with Crippen LogP contribution < -0.4 is 9.64 Å². The van der Waals surface area contributed by atoms with Crippen molar-refractivity contribution in [2.45, 2.75) is 25.9 Å². The molecule has 1 aliphatic rings. The number of piperidine rings is 1. The van der Waals surface area contributed by atoms with Gasteiger partial charge in [-0.05, 0) is 30.7 Å². The minimum atomic E-state index is -0.415. The summed E-state index contributed by atoms with van der Waals surface area (Å²) < 4.78 is 7.04. The van der Waals surface area contributed by atoms with Gasteiger partial charge in [0.2, 0.25) is 0 Å². The van der Waals surface area contributed by atoms with Crippen molar-refractivity contribution in [3.8, 4) is 5.75 Å². The van der Waals surface area contributed by atoms with Crippen LogP contribution in [0, 0.1) is 17.0 Å². The SMILES string of the molecule is Cc1cc([N+](=O)[O-])cnc1N1CCC(Oc2cccc(Br)c2)CC1. The monoisotopic (exact) mass is 391 g/mol. The van der Waals surface area contributed by atoms with Crippen molar-refractivity contribution in [2.75, 3.05) is 18.0 Å². The number of hydrogen-bond donors (Lipinski definition) is 0. The lowest BCUT2D eigenvalue weighted by Gasteiger charge is -2.33. The molecule has 1 fully saturated rings. The van der Waals surface area contributed by atoms with Gasteiger partial charge in [-0.3, -0.25) is 10.1 Å². The van der Waals surface area contributed by atoms with Gasteiger partial charge < -0.3 is 9.64 Å². The van der Waals surface area contributed by atoms with E-state index in [9.17, 15) is 10.1 Å². The summed E-state index contributed by atoms with van der Waals surface area (Å²) in [6.07, 6.45) is 3.29. The Labute approximate surface area is 148 Å². The maximum atomic E-state index is 10.8. The van der Waals surface area contributed by atoms with Crippen molar-refractivity contribution in [3.05, 3.63) is 56.7 Å². The van der Waals surface area contributed by atoms with E-state index in [1.807, 2.05) is 31.2 Å². The molecule has 1 aromatic heterocycles. The van der Waals surface area contributed by atoms with E-state index in [0.29, 0.717) is 0 Å². The predicted molar refractivity (Wildman–Crippen MR) is 95.6 cm³/mol. The largest absolute Gasteiger partial charge is 0.490 e. The summed E-state index contributed by atoms with van der Waals surface area (Å²) in [5, 5.41) is 10.8. The molecule has 0 aliphatic carbocycles. The highest BCUT2D eigenvalue weighted by Crippen LogP contribution is 2.27. The van der Waals surface area contributed by atoms with Gasteiger partial charge in [0.1, 0.15) is 23.9 Å². The highest BCUT2D eigenvalue weighted by Gasteiger charge is 2.23. The van der Waals surface area contributed by atoms with Crippen LogP contribution in [0.4, 0.5) is 11.5 Å². The first-order valence-corrected chi connectivity index (χ1v) is 8.60. The Morgan fingerprint density at radius 2 is 2.08 bits per heavy atom. The van der Waals surface area contributed by atoms with Gasteiger partial charge in [0.05, 0.1) is 4.92 Å². The van der Waals surface area contributed by atoms with E-state index in [-0.39, 0.29) is 11.8 Å². The van der Waals surface area contributed by atoms with Crippen molar-refractivity contribution in [1.82, 2.24) is 4.98 Å². The van der Waals surface area contributed by atoms with E-state index < -0.39 is 4.92 Å². The number of aryl methyl sites for hydroxylation is 1. The van der Waals surface area contributed by atoms with Gasteiger partial charge in [-0.2, -0.15) is 0 Å². The molecule has 6 nitrogen and oxygen atoms in total. The summed E-state index contributed by atoms with van der Waals surface area (Å²) in [5.74, 6) is 1.69. The molecule has 126 valence electrons. The molecule has 0 amide bonds. The molecule has 3 rings (SSSR count). The number of rotatable bonds is 4. The Balaban J connectivity index is 1.62. The molecule has 1 aromatic carbocycles. The first-order valence-electron chi connectivity index (χ1n) is 7.81. The van der Waals surface area contributed by atoms with E-state index in [2.05, 4.69) is 25.8 Å². The Morgan fingerprint density at radius 3 is 2.71 bits per heavy atom. The van der Waals surface area contributed by atoms with E-state index in [4.69, 9.17) is 4.74 Å². The number of anilines is 1. The second kappa shape index (κ2) is 7.17. The number of ether oxygens (including phenoxy) is 1. The molecule has 0 bridgehead atoms. The lowest BCUT2D eigenvalue weighted by molar-refractivity contribution is -0.385. The van der Waals surface area contributed by atoms with Crippen molar-refractivity contribution >= 4 is 27.4 Å². The second-order valence-electron chi connectivity index (χ2n) is 5.85. The molecular formula is C17H18BrN3O3. The molecule has 2 heterocycles. The molecule has 1 saturated heterocycles. The Bertz CT molecular complexity index is 746. The number of pyridine rings is 1. The van der Waals surface area contributed by atoms with Gasteiger partial charge in [0.25, 0.3) is 5.69 Å². The summed E-state index contributed by atoms with van der Waals surface area (Å²) >= 11 is 3.45. The van der Waals surface area contributed by atoms with Crippen molar-refractivity contribution < 1.29 is 9.66 Å². The van der Waals surface area contributed by atoms with Crippen LogP contribution >= 0.6 is 15.9 Å². The zero-order chi connectivity index (χ0) is 17.1. The van der Waals surface area contributed by atoms with Gasteiger partial charge in [0.15, 0.2) is 0 Å². The molecule has 1 aliphatic heterocycles. The number of nitro groups is 1. The van der Waals surface area contributed by atoms with Crippen molar-refractivity contribution in [3.63, 3.8) is 0 Å². The van der Waals surface area contributed by atoms with Crippen molar-refractivity contribution in [2.24, 2.45) is 0 Å². The summed E-state index contributed by atoms with van der Waals surface area (Å²) in [4.78, 5) is 16.8. The number of halogens is 1. The lowest BCUT2D eigenvalue weighted by Crippen LogP contribution is -2.39. The standard InChI is InChI=1S/C17H18BrN3O3/c1-12-9-14(21(22)23)11-19-17(12)20-7-5-15(6-8-20)24-16-4-2-3-13(18)10-16/h2-4,9-11,15H,5-8H2,1H3. The van der Waals surface area contributed by atoms with E-state index in [0.717, 1.165) is 47.5 Å². The fraction of sp³-hybridized carbons (Fsp3) is 0.353. The molecule has 7 heteroatoms. The minimum Gasteiger partial charge on any atom is -0.490 e. The summed E-state index contributed by atoms with van der Waals surface area (Å²) in [7, 11) is 0. The van der Waals surface area contributed by atoms with Crippen LogP contribution in [0.25, 0.3) is 0 Å². The van der Waals surface area contributed by atoms with Crippen LogP contribution in [-0.4, -0.2) is 29.1 Å². The zero-order valence-corrected chi connectivity index (χ0v) is 14.9. The van der Waals surface area contributed by atoms with Crippen LogP contribution in [0.3, 0.4) is 0 Å². The van der Waals surface area contributed by atoms with E-state index in [1.165, 1.54) is 6.20 Å². The average Bonchev–Trinajstić information content (AvgIpc) is 2.55. The Hall–Kier alpha value is -2.15. The van der Waals surface area contributed by atoms with E-state index >= 15 is 0 Å². The zero-order valence-electron chi connectivity index (χ0n) is 13.3. The van der Waals surface area contributed by atoms with Crippen molar-refractivity contribution in [1.29, 1.82) is 0 Å². The summed E-state index contributed by atoms with van der Waals surface area (Å²) in [5.41, 5.74) is 0.861. The number of aromatic nitrogens is 1. The van der Waals surface area contributed by atoms with Gasteiger partial charge in [0, 0.05) is 36.5 Å². The molecule has 0 saturated carbocycles. The fourth-order valence-electron chi connectivity index (χ4n) is 2.90. The molecule has 0 radical (unpaired) electrons. The third-order valence-electron chi connectivity index (χ3n) is 4.09. The van der Waals surface area contributed by atoms with Gasteiger partial charge in [-0.1, -0.05) is 22.0 Å². The highest BCUT2D eigenvalue weighted by atomic mass is 79.9. The number of hydrogen-bond acceptors (Lipinski definition) is 5. The van der Waals surface area contributed by atoms with Crippen LogP contribution in [0.15, 0.2) is 41.0 Å². The third kappa shape index (κ3) is 3.84. The molecule has 0 atom stereocenters. The Morgan fingerprint density at radius 1 is 1.33 bits per heavy atom. The maximum Gasteiger partial charge on any atom is 0.287 e. The lowest BCUT2D eigenvalue weighted by atomic mass is 10.1. The fourth-order valence-corrected chi connectivity index (χ4v) is 3.28. The average molecular weight is 392 g/mol. The number of benzene rings is 1. The van der Waals surface area contributed by atoms with Crippen LogP contribution in [0.1, 0.15) is 18.4 Å². The third-order valence-corrected chi connectivity index (χ3v) is 4.58. The molecule has 0 spiro atoms. The molecular weight excluding hydrogens is 374 g/mol. The quantitative estimate of drug-likeness (QED) is 0.579. The minimum absolute atomic E-state index is 0.0316. The molecule has 0 unspecified atom stereocenters. The van der Waals surface area contributed by atoms with Gasteiger partial charge >= 0.3 is 0 Å². The van der Waals surface area contributed by atoms with Crippen LogP contribution in [0.5, 0.6) is 5.75 Å². The predicted octanol–water partition coefficient (Wildman–Crippen LogP) is 4.11. The number of nitrogens with zero attached hydrogens (tertiary/aromatic N) is 3. The molecule has 2 aromatic rings. The smallest absolute Gasteiger partial charge is 0.287 e. The topological polar surface area (TPSA) is 68.5 Å². The van der Waals surface area contributed by atoms with E-state index in [1.54, 1.807) is 6.07 Å². The summed E-state index contributed by atoms with van der Waals surface area (Å²) in [6, 6.07) is 9.43. The van der Waals surface area contributed by atoms with Crippen LogP contribution in [-0.2, 0) is 0 Å². The van der Waals surface area contributed by atoms with Crippen LogP contribution in [0.2, 0.25) is 0 Å². The first kappa shape index (κ1) is 16.7. The summed E-state index contributed by atoms with van der Waals surface area (Å²) in [6.45, 7) is 3.51. The normalized spacial score (nSPS) is 15.3. The highest BCUT2D eigenvalue weighted by molar-refractivity contribution is 9.10. The Kier molecular flexibility index (Phi) is 4.99. The first-order chi connectivity index (χ1) is 11.5.